The van der Waals surface area contributed by atoms with Gasteiger partial charge in [-0.2, -0.15) is 0 Å². The summed E-state index contributed by atoms with van der Waals surface area (Å²) in [4.78, 5) is 28.0. The quantitative estimate of drug-likeness (QED) is 0.225. The average molecular weight is 447 g/mol. The van der Waals surface area contributed by atoms with Crippen LogP contribution in [-0.2, 0) is 17.8 Å². The van der Waals surface area contributed by atoms with E-state index in [0.717, 1.165) is 29.2 Å². The van der Waals surface area contributed by atoms with E-state index < -0.39 is 10.2 Å². The Bertz CT molecular complexity index is 1260. The Hall–Kier alpha value is -3.65. The van der Waals surface area contributed by atoms with Gasteiger partial charge in [-0.3, -0.25) is 14.9 Å². The summed E-state index contributed by atoms with van der Waals surface area (Å²) in [5.74, 6) is -0.239. The molecule has 1 N–H and O–H groups in total. The fourth-order valence-electron chi connectivity index (χ4n) is 3.40. The van der Waals surface area contributed by atoms with Gasteiger partial charge in [0.05, 0.1) is 21.2 Å². The molecule has 0 aliphatic carbocycles. The van der Waals surface area contributed by atoms with Gasteiger partial charge in [-0.25, -0.2) is 4.98 Å². The number of carbonyl (C=O) groups is 1. The maximum atomic E-state index is 12.8. The topological polar surface area (TPSA) is 90.1 Å². The lowest BCUT2D eigenvalue weighted by atomic mass is 10.1. The maximum Gasteiger partial charge on any atom is 0.271 e. The first-order valence-corrected chi connectivity index (χ1v) is 11.1. The molecule has 3 aromatic carbocycles. The van der Waals surface area contributed by atoms with Crippen molar-refractivity contribution >= 4 is 40.1 Å². The summed E-state index contributed by atoms with van der Waals surface area (Å²) >= 11 is 1.37. The number of aryl methyl sites for hydroxylation is 2. The highest BCUT2D eigenvalue weighted by atomic mass is 32.2. The molecule has 1 aromatic heterocycles. The first-order chi connectivity index (χ1) is 15.5. The molecule has 0 saturated carbocycles. The number of nitro benzene ring substituents is 1. The van der Waals surface area contributed by atoms with Crippen molar-refractivity contribution in [1.29, 1.82) is 0 Å². The minimum atomic E-state index is -0.483. The first-order valence-electron chi connectivity index (χ1n) is 10.2. The van der Waals surface area contributed by atoms with Crippen molar-refractivity contribution in [3.63, 3.8) is 0 Å². The number of anilines is 1. The smallest absolute Gasteiger partial charge is 0.271 e. The summed E-state index contributed by atoms with van der Waals surface area (Å²) < 4.78 is 2.14. The van der Waals surface area contributed by atoms with Gasteiger partial charge in [-0.05, 0) is 37.1 Å². The molecule has 0 fully saturated rings. The molecule has 4 rings (SSSR count). The summed E-state index contributed by atoms with van der Waals surface area (Å²) in [6.45, 7) is 2.55. The SMILES string of the molecule is C[C@@H](Sc1nc2ccccc2n1CCc1ccccc1)C(=O)Nc1cccc([N+](=O)[O-])c1. The van der Waals surface area contributed by atoms with Crippen LogP contribution in [0.4, 0.5) is 11.4 Å². The van der Waals surface area contributed by atoms with E-state index >= 15 is 0 Å². The molecule has 0 radical (unpaired) electrons. The van der Waals surface area contributed by atoms with Crippen LogP contribution in [0, 0.1) is 10.1 Å². The predicted octanol–water partition coefficient (Wildman–Crippen LogP) is 5.31. The van der Waals surface area contributed by atoms with Crippen molar-refractivity contribution in [2.24, 2.45) is 0 Å². The molecule has 162 valence electrons. The molecule has 4 aromatic rings. The van der Waals surface area contributed by atoms with E-state index in [1.807, 2.05) is 42.5 Å². The Morgan fingerprint density at radius 3 is 2.62 bits per heavy atom. The molecule has 0 spiro atoms. The minimum absolute atomic E-state index is 0.0641. The lowest BCUT2D eigenvalue weighted by Gasteiger charge is -2.14. The van der Waals surface area contributed by atoms with Crippen LogP contribution in [-0.4, -0.2) is 25.6 Å². The van der Waals surface area contributed by atoms with Gasteiger partial charge in [0.15, 0.2) is 5.16 Å². The van der Waals surface area contributed by atoms with E-state index in [4.69, 9.17) is 4.98 Å². The number of amides is 1. The van der Waals surface area contributed by atoms with Crippen LogP contribution in [0.1, 0.15) is 12.5 Å². The number of fused-ring (bicyclic) bond motifs is 1. The zero-order valence-electron chi connectivity index (χ0n) is 17.5. The number of thioether (sulfide) groups is 1. The fourth-order valence-corrected chi connectivity index (χ4v) is 4.35. The molecular weight excluding hydrogens is 424 g/mol. The summed E-state index contributed by atoms with van der Waals surface area (Å²) in [5, 5.41) is 14.1. The lowest BCUT2D eigenvalue weighted by Crippen LogP contribution is -2.23. The van der Waals surface area contributed by atoms with Crippen molar-refractivity contribution in [3.8, 4) is 0 Å². The van der Waals surface area contributed by atoms with Crippen LogP contribution >= 0.6 is 11.8 Å². The number of non-ortho nitro benzene ring substituents is 1. The van der Waals surface area contributed by atoms with Crippen molar-refractivity contribution in [3.05, 3.63) is 94.5 Å². The summed E-state index contributed by atoms with van der Waals surface area (Å²) in [5.41, 5.74) is 3.48. The van der Waals surface area contributed by atoms with Gasteiger partial charge < -0.3 is 9.88 Å². The second kappa shape index (κ2) is 9.65. The molecule has 1 atom stereocenters. The lowest BCUT2D eigenvalue weighted by molar-refractivity contribution is -0.384. The van der Waals surface area contributed by atoms with Gasteiger partial charge in [0, 0.05) is 24.4 Å². The zero-order chi connectivity index (χ0) is 22.5. The molecule has 0 bridgehead atoms. The minimum Gasteiger partial charge on any atom is -0.325 e. The molecule has 0 aliphatic rings. The number of nitrogens with one attached hydrogen (secondary N) is 1. The molecule has 1 heterocycles. The van der Waals surface area contributed by atoms with Crippen LogP contribution in [0.5, 0.6) is 0 Å². The molecule has 0 saturated heterocycles. The van der Waals surface area contributed by atoms with E-state index in [0.29, 0.717) is 5.69 Å². The molecule has 7 nitrogen and oxygen atoms in total. The number of benzene rings is 3. The van der Waals surface area contributed by atoms with E-state index in [9.17, 15) is 14.9 Å². The van der Waals surface area contributed by atoms with Crippen LogP contribution in [0.15, 0.2) is 84.0 Å². The number of rotatable bonds is 8. The van der Waals surface area contributed by atoms with Gasteiger partial charge in [-0.15, -0.1) is 0 Å². The summed E-state index contributed by atoms with van der Waals surface area (Å²) in [6, 6.07) is 24.1. The van der Waals surface area contributed by atoms with Crippen LogP contribution in [0.3, 0.4) is 0 Å². The van der Waals surface area contributed by atoms with Gasteiger partial charge >= 0.3 is 0 Å². The highest BCUT2D eigenvalue weighted by molar-refractivity contribution is 8.00. The first kappa shape index (κ1) is 21.6. The van der Waals surface area contributed by atoms with E-state index in [2.05, 4.69) is 22.0 Å². The average Bonchev–Trinajstić information content (AvgIpc) is 3.15. The van der Waals surface area contributed by atoms with Crippen molar-refractivity contribution in [2.45, 2.75) is 30.3 Å². The number of hydrogen-bond acceptors (Lipinski definition) is 5. The number of nitrogens with zero attached hydrogens (tertiary/aromatic N) is 3. The fraction of sp³-hybridized carbons (Fsp3) is 0.167. The van der Waals surface area contributed by atoms with E-state index in [-0.39, 0.29) is 11.6 Å². The van der Waals surface area contributed by atoms with Gasteiger partial charge in [0.2, 0.25) is 5.91 Å². The summed E-state index contributed by atoms with van der Waals surface area (Å²) in [7, 11) is 0. The van der Waals surface area contributed by atoms with Gasteiger partial charge in [0.25, 0.3) is 5.69 Å². The Morgan fingerprint density at radius 2 is 1.84 bits per heavy atom. The highest BCUT2D eigenvalue weighted by Crippen LogP contribution is 2.28. The third kappa shape index (κ3) is 4.97. The van der Waals surface area contributed by atoms with Crippen molar-refractivity contribution in [2.75, 3.05) is 5.32 Å². The normalized spacial score (nSPS) is 11.9. The van der Waals surface area contributed by atoms with Crippen LogP contribution in [0.2, 0.25) is 0 Å². The van der Waals surface area contributed by atoms with E-state index in [1.165, 1.54) is 29.5 Å². The van der Waals surface area contributed by atoms with Crippen molar-refractivity contribution in [1.82, 2.24) is 9.55 Å². The number of aromatic nitrogens is 2. The third-order valence-electron chi connectivity index (χ3n) is 5.06. The van der Waals surface area contributed by atoms with Gasteiger partial charge in [0.1, 0.15) is 0 Å². The zero-order valence-corrected chi connectivity index (χ0v) is 18.3. The Balaban J connectivity index is 1.52. The molecule has 0 aliphatic heterocycles. The largest absolute Gasteiger partial charge is 0.325 e. The van der Waals surface area contributed by atoms with E-state index in [1.54, 1.807) is 19.1 Å². The second-order valence-corrected chi connectivity index (χ2v) is 8.64. The number of carbonyl (C=O) groups excluding carboxylic acids is 1. The monoisotopic (exact) mass is 446 g/mol. The number of imidazole rings is 1. The molecule has 8 heteroatoms. The summed E-state index contributed by atoms with van der Waals surface area (Å²) in [6.07, 6.45) is 0.850. The van der Waals surface area contributed by atoms with Crippen LogP contribution < -0.4 is 5.32 Å². The molecule has 0 unspecified atom stereocenters. The number of para-hydroxylation sites is 2. The van der Waals surface area contributed by atoms with Crippen molar-refractivity contribution < 1.29 is 9.72 Å². The molecule has 32 heavy (non-hydrogen) atoms. The highest BCUT2D eigenvalue weighted by Gasteiger charge is 2.20. The Labute approximate surface area is 189 Å². The third-order valence-corrected chi connectivity index (χ3v) is 6.15. The second-order valence-electron chi connectivity index (χ2n) is 7.33. The number of nitro groups is 1. The van der Waals surface area contributed by atoms with Crippen LogP contribution in [0.25, 0.3) is 11.0 Å². The standard InChI is InChI=1S/C24H22N4O3S/c1-17(23(29)25-19-10-7-11-20(16-19)28(30)31)32-24-26-21-12-5-6-13-22(21)27(24)15-14-18-8-3-2-4-9-18/h2-13,16-17H,14-15H2,1H3,(H,25,29)/t17-/m1/s1. The van der Waals surface area contributed by atoms with Gasteiger partial charge in [-0.1, -0.05) is 60.3 Å². The Kier molecular flexibility index (Phi) is 6.51. The predicted molar refractivity (Wildman–Crippen MR) is 127 cm³/mol. The Morgan fingerprint density at radius 1 is 1.09 bits per heavy atom. The number of hydrogen-bond donors (Lipinski definition) is 1. The molecular formula is C24H22N4O3S. The molecule has 1 amide bonds. The maximum absolute atomic E-state index is 12.8.